The maximum Gasteiger partial charge on any atom is 0.228 e. The van der Waals surface area contributed by atoms with Crippen molar-refractivity contribution in [2.75, 3.05) is 6.61 Å². The average Bonchev–Trinajstić information content (AvgIpc) is 2.91. The fraction of sp³-hybridized carbons (Fsp3) is 0.462. The highest BCUT2D eigenvalue weighted by atomic mass is 16.7. The summed E-state index contributed by atoms with van der Waals surface area (Å²) in [6.45, 7) is 1.34. The topological polar surface area (TPSA) is 188 Å². The number of allylic oxidation sites excluding steroid dienone is 1. The zero-order valence-corrected chi connectivity index (χ0v) is 20.3. The second kappa shape index (κ2) is 10.7. The molecule has 0 bridgehead atoms. The first-order valence-electron chi connectivity index (χ1n) is 12.1. The first-order valence-corrected chi connectivity index (χ1v) is 12.1. The van der Waals surface area contributed by atoms with E-state index < -0.39 is 55.3 Å². The SMILES string of the molecule is C[C@@H]1O[C@H](OC2=C(c3ccc(O)cc3)Oc3cc(O[C@@H]4OC[C@H](O)[C@@H](O)[C@H]4O)ccc3C2)[C@@H](O)[C@H](O)[C@H]1O. The number of rotatable bonds is 5. The molecule has 0 radical (unpaired) electrons. The number of phenolic OH excluding ortho intramolecular Hbond substituents is 1. The van der Waals surface area contributed by atoms with Crippen molar-refractivity contribution in [3.8, 4) is 17.2 Å². The number of fused-ring (bicyclic) bond motifs is 1. The van der Waals surface area contributed by atoms with Crippen LogP contribution in [0.4, 0.5) is 0 Å². The Morgan fingerprint density at radius 1 is 0.789 bits per heavy atom. The Balaban J connectivity index is 1.41. The summed E-state index contributed by atoms with van der Waals surface area (Å²) >= 11 is 0. The predicted molar refractivity (Wildman–Crippen MR) is 128 cm³/mol. The normalized spacial score (nSPS) is 35.3. The Hall–Kier alpha value is -2.94. The van der Waals surface area contributed by atoms with E-state index in [9.17, 15) is 35.7 Å². The lowest BCUT2D eigenvalue weighted by Crippen LogP contribution is -2.57. The molecule has 0 unspecified atom stereocenters. The van der Waals surface area contributed by atoms with E-state index in [-0.39, 0.29) is 36.0 Å². The predicted octanol–water partition coefficient (Wildman–Crippen LogP) is -0.642. The lowest BCUT2D eigenvalue weighted by molar-refractivity contribution is -0.283. The maximum atomic E-state index is 10.5. The van der Waals surface area contributed by atoms with Crippen molar-refractivity contribution in [2.45, 2.75) is 68.7 Å². The molecule has 0 amide bonds. The molecule has 12 nitrogen and oxygen atoms in total. The molecule has 2 saturated heterocycles. The van der Waals surface area contributed by atoms with Gasteiger partial charge in [0.15, 0.2) is 5.76 Å². The molecular formula is C26H30O12. The van der Waals surface area contributed by atoms with Crippen molar-refractivity contribution >= 4 is 5.76 Å². The molecule has 2 aromatic rings. The second-order valence-corrected chi connectivity index (χ2v) is 9.51. The number of aliphatic hydroxyl groups is 6. The summed E-state index contributed by atoms with van der Waals surface area (Å²) in [5.41, 5.74) is 1.21. The van der Waals surface area contributed by atoms with Crippen LogP contribution in [0.1, 0.15) is 18.1 Å². The molecule has 3 aliphatic heterocycles. The number of ether oxygens (including phenoxy) is 5. The molecule has 5 rings (SSSR count). The van der Waals surface area contributed by atoms with Crippen molar-refractivity contribution in [3.63, 3.8) is 0 Å². The largest absolute Gasteiger partial charge is 0.508 e. The van der Waals surface area contributed by atoms with Crippen molar-refractivity contribution in [1.29, 1.82) is 0 Å². The molecule has 0 saturated carbocycles. The third kappa shape index (κ3) is 5.17. The number of phenols is 1. The van der Waals surface area contributed by atoms with E-state index in [1.807, 2.05) is 0 Å². The Morgan fingerprint density at radius 3 is 2.24 bits per heavy atom. The van der Waals surface area contributed by atoms with Crippen LogP contribution in [0, 0.1) is 0 Å². The lowest BCUT2D eigenvalue weighted by Gasteiger charge is -2.40. The molecular weight excluding hydrogens is 504 g/mol. The van der Waals surface area contributed by atoms with Crippen molar-refractivity contribution in [2.24, 2.45) is 0 Å². The quantitative estimate of drug-likeness (QED) is 0.257. The van der Waals surface area contributed by atoms with Crippen LogP contribution in [0.2, 0.25) is 0 Å². The van der Waals surface area contributed by atoms with Gasteiger partial charge in [-0.1, -0.05) is 6.07 Å². The fourth-order valence-electron chi connectivity index (χ4n) is 4.47. The van der Waals surface area contributed by atoms with E-state index in [4.69, 9.17) is 23.7 Å². The van der Waals surface area contributed by atoms with E-state index in [0.717, 1.165) is 0 Å². The minimum atomic E-state index is -1.53. The monoisotopic (exact) mass is 534 g/mol. The average molecular weight is 535 g/mol. The van der Waals surface area contributed by atoms with Gasteiger partial charge in [-0.15, -0.1) is 0 Å². The van der Waals surface area contributed by atoms with E-state index in [0.29, 0.717) is 16.9 Å². The Labute approximate surface area is 217 Å². The summed E-state index contributed by atoms with van der Waals surface area (Å²) in [4.78, 5) is 0. The molecule has 3 aliphatic rings. The summed E-state index contributed by atoms with van der Waals surface area (Å²) in [5.74, 6) is 1.23. The van der Waals surface area contributed by atoms with Crippen LogP contribution in [0.3, 0.4) is 0 Å². The molecule has 206 valence electrons. The summed E-state index contributed by atoms with van der Waals surface area (Å²) in [6, 6.07) is 11.0. The van der Waals surface area contributed by atoms with Gasteiger partial charge in [0.25, 0.3) is 0 Å². The van der Waals surface area contributed by atoms with Crippen LogP contribution in [0.15, 0.2) is 48.2 Å². The van der Waals surface area contributed by atoms with Gasteiger partial charge >= 0.3 is 0 Å². The minimum absolute atomic E-state index is 0.0408. The van der Waals surface area contributed by atoms with Gasteiger partial charge in [-0.05, 0) is 37.3 Å². The summed E-state index contributed by atoms with van der Waals surface area (Å²) < 4.78 is 28.8. The zero-order chi connectivity index (χ0) is 27.1. The van der Waals surface area contributed by atoms with E-state index >= 15 is 0 Å². The van der Waals surface area contributed by atoms with Crippen LogP contribution in [0.25, 0.3) is 5.76 Å². The number of aromatic hydroxyl groups is 1. The molecule has 7 N–H and O–H groups in total. The van der Waals surface area contributed by atoms with Crippen molar-refractivity contribution in [1.82, 2.24) is 0 Å². The van der Waals surface area contributed by atoms with Crippen molar-refractivity contribution in [3.05, 3.63) is 59.4 Å². The van der Waals surface area contributed by atoms with Crippen molar-refractivity contribution < 1.29 is 59.4 Å². The maximum absolute atomic E-state index is 10.5. The molecule has 38 heavy (non-hydrogen) atoms. The highest BCUT2D eigenvalue weighted by molar-refractivity contribution is 5.68. The van der Waals surface area contributed by atoms with Gasteiger partial charge in [-0.25, -0.2) is 0 Å². The Bertz CT molecular complexity index is 1170. The number of aliphatic hydroxyl groups excluding tert-OH is 6. The van der Waals surface area contributed by atoms with E-state index in [1.165, 1.54) is 12.1 Å². The first kappa shape index (κ1) is 26.7. The first-order chi connectivity index (χ1) is 18.1. The smallest absolute Gasteiger partial charge is 0.228 e. The molecule has 3 heterocycles. The Morgan fingerprint density at radius 2 is 1.50 bits per heavy atom. The van der Waals surface area contributed by atoms with Crippen LogP contribution >= 0.6 is 0 Å². The summed E-state index contributed by atoms with van der Waals surface area (Å²) in [6.07, 6.45) is -11.5. The molecule has 0 spiro atoms. The molecule has 0 aromatic heterocycles. The van der Waals surface area contributed by atoms with E-state index in [1.54, 1.807) is 37.3 Å². The standard InChI is InChI=1S/C26H30O12/c1-11-19(29)21(31)23(33)26(35-11)38-18-8-13-4-7-15(36-25-22(32)20(30)16(28)10-34-25)9-17(13)37-24(18)12-2-5-14(27)6-3-12/h2-7,9,11,16,19-23,25-33H,8,10H2,1H3/t11-,16-,19-,20+,21+,22+,23-,25-,26+/m0/s1. The van der Waals surface area contributed by atoms with Crippen LogP contribution in [0.5, 0.6) is 17.2 Å². The molecule has 12 heteroatoms. The van der Waals surface area contributed by atoms with Crippen LogP contribution in [-0.4, -0.2) is 97.7 Å². The molecule has 2 aromatic carbocycles. The van der Waals surface area contributed by atoms with Gasteiger partial charge < -0.3 is 59.4 Å². The third-order valence-electron chi connectivity index (χ3n) is 6.76. The Kier molecular flexibility index (Phi) is 7.49. The highest BCUT2D eigenvalue weighted by Gasteiger charge is 2.44. The fourth-order valence-corrected chi connectivity index (χ4v) is 4.47. The minimum Gasteiger partial charge on any atom is -0.508 e. The number of benzene rings is 2. The highest BCUT2D eigenvalue weighted by Crippen LogP contribution is 2.39. The van der Waals surface area contributed by atoms with Gasteiger partial charge in [-0.3, -0.25) is 0 Å². The van der Waals surface area contributed by atoms with Gasteiger partial charge in [0.05, 0.1) is 12.7 Å². The molecule has 2 fully saturated rings. The zero-order valence-electron chi connectivity index (χ0n) is 20.3. The summed E-state index contributed by atoms with van der Waals surface area (Å²) in [7, 11) is 0. The van der Waals surface area contributed by atoms with Gasteiger partial charge in [0.2, 0.25) is 12.6 Å². The second-order valence-electron chi connectivity index (χ2n) is 9.51. The number of hydrogen-bond donors (Lipinski definition) is 7. The molecule has 0 aliphatic carbocycles. The lowest BCUT2D eigenvalue weighted by atomic mass is 9.99. The van der Waals surface area contributed by atoms with Gasteiger partial charge in [0.1, 0.15) is 59.6 Å². The van der Waals surface area contributed by atoms with Gasteiger partial charge in [-0.2, -0.15) is 0 Å². The van der Waals surface area contributed by atoms with Crippen LogP contribution < -0.4 is 9.47 Å². The number of hydrogen-bond acceptors (Lipinski definition) is 12. The third-order valence-corrected chi connectivity index (χ3v) is 6.76. The molecule has 9 atom stereocenters. The van der Waals surface area contributed by atoms with Crippen LogP contribution in [-0.2, 0) is 20.6 Å². The summed E-state index contributed by atoms with van der Waals surface area (Å²) in [5, 5.41) is 70.1. The van der Waals surface area contributed by atoms with E-state index in [2.05, 4.69) is 0 Å². The van der Waals surface area contributed by atoms with Gasteiger partial charge in [0, 0.05) is 23.6 Å².